The Morgan fingerprint density at radius 3 is 2.33 bits per heavy atom. The predicted octanol–water partition coefficient (Wildman–Crippen LogP) is 6.24. The fraction of sp³-hybridized carbons (Fsp3) is 0.105. The molecular formula is C19H13ClF4N2O. The SMILES string of the molecule is Cc1nc(Oc2ccc(Cl)c(C(F)(F)F)c2)c(-c2ccc(F)cc2)cc1N. The van der Waals surface area contributed by atoms with Gasteiger partial charge in [0.1, 0.15) is 11.6 Å². The van der Waals surface area contributed by atoms with Crippen LogP contribution in [0.4, 0.5) is 23.2 Å². The number of pyridine rings is 1. The van der Waals surface area contributed by atoms with Gasteiger partial charge in [-0.3, -0.25) is 0 Å². The van der Waals surface area contributed by atoms with Gasteiger partial charge in [-0.25, -0.2) is 9.37 Å². The summed E-state index contributed by atoms with van der Waals surface area (Å²) in [4.78, 5) is 4.23. The first-order chi connectivity index (χ1) is 12.6. The zero-order chi connectivity index (χ0) is 19.8. The second-order valence-corrected chi connectivity index (χ2v) is 6.17. The molecule has 2 N–H and O–H groups in total. The van der Waals surface area contributed by atoms with E-state index >= 15 is 0 Å². The molecule has 140 valence electrons. The molecule has 3 rings (SSSR count). The topological polar surface area (TPSA) is 48.1 Å². The molecule has 3 aromatic rings. The van der Waals surface area contributed by atoms with E-state index in [1.54, 1.807) is 13.0 Å². The van der Waals surface area contributed by atoms with E-state index in [1.807, 2.05) is 0 Å². The Bertz CT molecular complexity index is 988. The number of nitrogens with zero attached hydrogens (tertiary/aromatic N) is 1. The summed E-state index contributed by atoms with van der Waals surface area (Å²) in [6.07, 6.45) is -4.62. The quantitative estimate of drug-likeness (QED) is 0.533. The maximum atomic E-state index is 13.2. The van der Waals surface area contributed by atoms with E-state index in [-0.39, 0.29) is 11.6 Å². The fourth-order valence-corrected chi connectivity index (χ4v) is 2.63. The maximum Gasteiger partial charge on any atom is 0.417 e. The molecule has 0 unspecified atom stereocenters. The lowest BCUT2D eigenvalue weighted by Gasteiger charge is -2.15. The minimum absolute atomic E-state index is 0.0451. The van der Waals surface area contributed by atoms with E-state index in [9.17, 15) is 17.6 Å². The van der Waals surface area contributed by atoms with Crippen molar-refractivity contribution in [1.82, 2.24) is 4.98 Å². The van der Waals surface area contributed by atoms with Gasteiger partial charge in [0, 0.05) is 5.56 Å². The van der Waals surface area contributed by atoms with Crippen LogP contribution in [0.5, 0.6) is 11.6 Å². The first-order valence-electron chi connectivity index (χ1n) is 7.73. The highest BCUT2D eigenvalue weighted by Crippen LogP contribution is 2.39. The number of halogens is 5. The van der Waals surface area contributed by atoms with Crippen LogP contribution in [0.1, 0.15) is 11.3 Å². The Balaban J connectivity index is 2.07. The molecule has 0 aliphatic carbocycles. The van der Waals surface area contributed by atoms with Crippen molar-refractivity contribution in [2.45, 2.75) is 13.1 Å². The third-order valence-corrected chi connectivity index (χ3v) is 4.16. The Kier molecular flexibility index (Phi) is 4.97. The number of aryl methyl sites for hydroxylation is 1. The number of anilines is 1. The third kappa shape index (κ3) is 4.14. The molecule has 1 aromatic heterocycles. The number of hydrogen-bond donors (Lipinski definition) is 1. The van der Waals surface area contributed by atoms with Gasteiger partial charge in [0.2, 0.25) is 5.88 Å². The highest BCUT2D eigenvalue weighted by atomic mass is 35.5. The van der Waals surface area contributed by atoms with Gasteiger partial charge >= 0.3 is 6.18 Å². The van der Waals surface area contributed by atoms with Crippen molar-refractivity contribution in [3.05, 3.63) is 70.6 Å². The van der Waals surface area contributed by atoms with E-state index in [0.29, 0.717) is 22.5 Å². The van der Waals surface area contributed by atoms with E-state index in [0.717, 1.165) is 12.1 Å². The van der Waals surface area contributed by atoms with Gasteiger partial charge in [0.15, 0.2) is 0 Å². The molecule has 0 radical (unpaired) electrons. The van der Waals surface area contributed by atoms with Gasteiger partial charge in [-0.1, -0.05) is 23.7 Å². The molecule has 0 fully saturated rings. The fourth-order valence-electron chi connectivity index (χ4n) is 2.41. The lowest BCUT2D eigenvalue weighted by atomic mass is 10.1. The Morgan fingerprint density at radius 2 is 1.70 bits per heavy atom. The van der Waals surface area contributed by atoms with Gasteiger partial charge in [0.05, 0.1) is 22.0 Å². The molecule has 0 saturated heterocycles. The van der Waals surface area contributed by atoms with Crippen LogP contribution in [0.15, 0.2) is 48.5 Å². The number of rotatable bonds is 3. The molecule has 1 heterocycles. The lowest BCUT2D eigenvalue weighted by Crippen LogP contribution is -2.06. The van der Waals surface area contributed by atoms with Crippen molar-refractivity contribution in [3.63, 3.8) is 0 Å². The Labute approximate surface area is 157 Å². The number of aromatic nitrogens is 1. The summed E-state index contributed by atoms with van der Waals surface area (Å²) in [5.74, 6) is -0.475. The summed E-state index contributed by atoms with van der Waals surface area (Å²) in [6.45, 7) is 1.64. The number of hydrogen-bond acceptors (Lipinski definition) is 3. The van der Waals surface area contributed by atoms with Gasteiger partial charge in [-0.2, -0.15) is 13.2 Å². The third-order valence-electron chi connectivity index (χ3n) is 3.83. The summed E-state index contributed by atoms with van der Waals surface area (Å²) in [5, 5.41) is -0.435. The molecule has 3 nitrogen and oxygen atoms in total. The van der Waals surface area contributed by atoms with Crippen LogP contribution in [0.3, 0.4) is 0 Å². The highest BCUT2D eigenvalue weighted by Gasteiger charge is 2.33. The van der Waals surface area contributed by atoms with Crippen LogP contribution >= 0.6 is 11.6 Å². The van der Waals surface area contributed by atoms with Gasteiger partial charge in [0.25, 0.3) is 0 Å². The number of alkyl halides is 3. The van der Waals surface area contributed by atoms with Crippen LogP contribution < -0.4 is 10.5 Å². The number of nitrogen functional groups attached to an aromatic ring is 1. The van der Waals surface area contributed by atoms with Crippen molar-refractivity contribution in [2.24, 2.45) is 0 Å². The van der Waals surface area contributed by atoms with Crippen molar-refractivity contribution >= 4 is 17.3 Å². The lowest BCUT2D eigenvalue weighted by molar-refractivity contribution is -0.137. The van der Waals surface area contributed by atoms with Crippen molar-refractivity contribution < 1.29 is 22.3 Å². The molecule has 2 aromatic carbocycles. The van der Waals surface area contributed by atoms with Crippen LogP contribution in [0, 0.1) is 12.7 Å². The number of nitrogens with two attached hydrogens (primary N) is 1. The molecule has 0 aliphatic rings. The first kappa shape index (κ1) is 19.0. The smallest absolute Gasteiger partial charge is 0.417 e. The van der Waals surface area contributed by atoms with Crippen LogP contribution in [0.2, 0.25) is 5.02 Å². The van der Waals surface area contributed by atoms with Gasteiger partial charge < -0.3 is 10.5 Å². The summed E-state index contributed by atoms with van der Waals surface area (Å²) < 4.78 is 58.0. The van der Waals surface area contributed by atoms with Gasteiger partial charge in [-0.15, -0.1) is 0 Å². The average molecular weight is 397 g/mol. The number of benzene rings is 2. The molecule has 0 atom stereocenters. The molecule has 27 heavy (non-hydrogen) atoms. The Morgan fingerprint density at radius 1 is 1.04 bits per heavy atom. The maximum absolute atomic E-state index is 13.2. The molecule has 8 heteroatoms. The van der Waals surface area contributed by atoms with Crippen LogP contribution in [-0.2, 0) is 6.18 Å². The summed E-state index contributed by atoms with van der Waals surface area (Å²) in [5.41, 5.74) is 6.66. The van der Waals surface area contributed by atoms with Crippen LogP contribution in [-0.4, -0.2) is 4.98 Å². The molecule has 0 amide bonds. The number of ether oxygens (including phenoxy) is 1. The van der Waals surface area contributed by atoms with Crippen molar-refractivity contribution in [3.8, 4) is 22.8 Å². The zero-order valence-electron chi connectivity index (χ0n) is 13.9. The minimum atomic E-state index is -4.62. The van der Waals surface area contributed by atoms with Gasteiger partial charge in [-0.05, 0) is 48.9 Å². The summed E-state index contributed by atoms with van der Waals surface area (Å²) >= 11 is 5.63. The van der Waals surface area contributed by atoms with Crippen molar-refractivity contribution in [1.29, 1.82) is 0 Å². The monoisotopic (exact) mass is 396 g/mol. The Hall–Kier alpha value is -2.80. The van der Waals surface area contributed by atoms with E-state index in [2.05, 4.69) is 4.98 Å². The summed E-state index contributed by atoms with van der Waals surface area (Å²) in [6, 6.07) is 10.3. The zero-order valence-corrected chi connectivity index (χ0v) is 14.7. The summed E-state index contributed by atoms with van der Waals surface area (Å²) in [7, 11) is 0. The first-order valence-corrected chi connectivity index (χ1v) is 8.10. The average Bonchev–Trinajstić information content (AvgIpc) is 2.59. The van der Waals surface area contributed by atoms with E-state index in [1.165, 1.54) is 30.3 Å². The largest absolute Gasteiger partial charge is 0.438 e. The molecule has 0 saturated carbocycles. The standard InChI is InChI=1S/C19H13ClF4N2O/c1-10-17(25)9-14(11-2-4-12(21)5-3-11)18(26-10)27-13-6-7-16(20)15(8-13)19(22,23)24/h2-9H,25H2,1H3. The predicted molar refractivity (Wildman–Crippen MR) is 95.3 cm³/mol. The van der Waals surface area contributed by atoms with Crippen molar-refractivity contribution in [2.75, 3.05) is 5.73 Å². The molecule has 0 aliphatic heterocycles. The van der Waals surface area contributed by atoms with Crippen LogP contribution in [0.25, 0.3) is 11.1 Å². The normalized spacial score (nSPS) is 11.5. The second-order valence-electron chi connectivity index (χ2n) is 5.76. The second kappa shape index (κ2) is 7.08. The molecule has 0 bridgehead atoms. The minimum Gasteiger partial charge on any atom is -0.438 e. The highest BCUT2D eigenvalue weighted by molar-refractivity contribution is 6.31. The molecule has 0 spiro atoms. The molecular weight excluding hydrogens is 384 g/mol. The van der Waals surface area contributed by atoms with E-state index < -0.39 is 22.6 Å². The van der Waals surface area contributed by atoms with E-state index in [4.69, 9.17) is 22.1 Å².